The molecule has 1 aliphatic heterocycles. The fourth-order valence-corrected chi connectivity index (χ4v) is 11.3. The number of nitrogens with zero attached hydrogens (tertiary/aromatic N) is 2. The van der Waals surface area contributed by atoms with Crippen molar-refractivity contribution in [2.75, 3.05) is 39.6 Å². The number of rotatable bonds is 27. The third kappa shape index (κ3) is 26.7. The number of hydrogen-bond acceptors (Lipinski definition) is 23. The average molecular weight is 1300 g/mol. The van der Waals surface area contributed by atoms with Gasteiger partial charge in [0.25, 0.3) is 5.70 Å². The minimum Gasteiger partial charge on any atom is -0.466 e. The molecule has 1 heterocycles. The number of benzene rings is 3. The molecule has 0 saturated heterocycles. The van der Waals surface area contributed by atoms with Crippen LogP contribution in [0.3, 0.4) is 0 Å². The summed E-state index contributed by atoms with van der Waals surface area (Å²) in [5.74, 6) is -5.59. The van der Waals surface area contributed by atoms with Gasteiger partial charge in [0.05, 0.1) is 89.2 Å². The predicted molar refractivity (Wildman–Crippen MR) is 335 cm³/mol. The largest absolute Gasteiger partial charge is 0.466 e. The molecule has 91 heavy (non-hydrogen) atoms. The summed E-state index contributed by atoms with van der Waals surface area (Å²) < 4.78 is 52.4. The van der Waals surface area contributed by atoms with E-state index in [-0.39, 0.29) is 94.4 Å². The van der Waals surface area contributed by atoms with Crippen LogP contribution in [0.25, 0.3) is 4.85 Å². The Bertz CT molecular complexity index is 3090. The van der Waals surface area contributed by atoms with E-state index in [0.717, 1.165) is 53.2 Å². The summed E-state index contributed by atoms with van der Waals surface area (Å²) in [6, 6.07) is 17.7. The van der Waals surface area contributed by atoms with E-state index >= 15 is 0 Å². The van der Waals surface area contributed by atoms with Crippen LogP contribution in [0.5, 0.6) is 23.0 Å². The summed E-state index contributed by atoms with van der Waals surface area (Å²) in [6.07, 6.45) is 6.14. The fraction of sp³-hybridized carbons (Fsp3) is 0.463. The van der Waals surface area contributed by atoms with Crippen LogP contribution in [0.2, 0.25) is 0 Å². The number of carbonyl (C=O) groups is 10. The molecular formula is C67H80N2O20S2. The van der Waals surface area contributed by atoms with Crippen molar-refractivity contribution >= 4 is 83.2 Å². The Balaban J connectivity index is 0.000000886. The molecule has 2 saturated carbocycles. The summed E-state index contributed by atoms with van der Waals surface area (Å²) in [7, 11) is 0. The molecule has 22 nitrogen and oxygen atoms in total. The number of hydrogen-bond donors (Lipinski definition) is 0. The molecule has 0 aromatic heterocycles. The SMILES string of the molecule is C=CC(=O)OCCOC(=O)CCC(=O)OCC.CC.CC.[C-]#[N+]/C(C#N)=C1/Sc2c(OC(=O)C3CCC(C(=O)Oc4ccc(CC)cc4)CC3)cc(C)c(OC(=O)C3CCC(C(=O)Oc4ccc(CCOC(=O)CCC(=O)OCCOC(=O)C=C)cc4)CC3)c2S1. The fourth-order valence-electron chi connectivity index (χ4n) is 8.81. The summed E-state index contributed by atoms with van der Waals surface area (Å²) >= 11 is 2.20. The van der Waals surface area contributed by atoms with Crippen molar-refractivity contribution in [3.05, 3.63) is 118 Å². The Kier molecular flexibility index (Phi) is 35.6. The molecule has 0 bridgehead atoms. The number of fused-ring (bicyclic) bond motifs is 1. The molecule has 490 valence electrons. The van der Waals surface area contributed by atoms with Gasteiger partial charge < -0.3 is 47.4 Å². The van der Waals surface area contributed by atoms with E-state index in [1.807, 2.05) is 52.8 Å². The molecule has 3 aromatic carbocycles. The van der Waals surface area contributed by atoms with Crippen molar-refractivity contribution in [2.45, 2.75) is 148 Å². The van der Waals surface area contributed by atoms with Crippen molar-refractivity contribution in [2.24, 2.45) is 23.7 Å². The van der Waals surface area contributed by atoms with Gasteiger partial charge in [-0.25, -0.2) is 19.7 Å². The van der Waals surface area contributed by atoms with Gasteiger partial charge in [-0.3, -0.25) is 38.4 Å². The van der Waals surface area contributed by atoms with Gasteiger partial charge in [-0.05, 0) is 119 Å². The molecule has 3 aliphatic rings. The molecule has 6 rings (SSSR count). The highest BCUT2D eigenvalue weighted by Crippen LogP contribution is 2.60. The second-order valence-electron chi connectivity index (χ2n) is 19.6. The van der Waals surface area contributed by atoms with E-state index < -0.39 is 71.5 Å². The first-order chi connectivity index (χ1) is 43.9. The maximum absolute atomic E-state index is 13.7. The molecule has 0 spiro atoms. The van der Waals surface area contributed by atoms with Crippen LogP contribution in [0.15, 0.2) is 99.6 Å². The Morgan fingerprint density at radius 3 is 1.31 bits per heavy atom. The Hall–Kier alpha value is -8.74. The maximum atomic E-state index is 13.7. The zero-order valence-electron chi connectivity index (χ0n) is 52.6. The topological polar surface area (TPSA) is 291 Å². The number of esters is 10. The molecule has 0 radical (unpaired) electrons. The van der Waals surface area contributed by atoms with Gasteiger partial charge in [0.2, 0.25) is 0 Å². The molecule has 2 fully saturated rings. The number of allylic oxidation sites excluding steroid dienone is 1. The molecule has 0 N–H and O–H groups in total. The van der Waals surface area contributed by atoms with E-state index in [4.69, 9.17) is 44.5 Å². The van der Waals surface area contributed by atoms with Crippen LogP contribution in [-0.4, -0.2) is 99.3 Å². The summed E-state index contributed by atoms with van der Waals surface area (Å²) in [5.41, 5.74) is 2.32. The van der Waals surface area contributed by atoms with Crippen LogP contribution >= 0.6 is 23.5 Å². The summed E-state index contributed by atoms with van der Waals surface area (Å²) in [5, 5.41) is 9.69. The van der Waals surface area contributed by atoms with Gasteiger partial charge in [-0.1, -0.05) is 95.6 Å². The average Bonchev–Trinajstić information content (AvgIpc) is 1.71. The minimum absolute atomic E-state index is 0.0148. The standard InChI is InChI=1S/C52H52N2O14S2.C11H16O6.2C2H6/c1-5-32-7-19-38(20-8-32)65-48(58)34-11-15-36(16-12-34)50(60)67-41-29-31(3)45(47-46(41)69-52(70-47)40(30-53)54-4)68-51(61)37-17-13-35(14-18-37)49(59)66-39-21-9-33(10-22-39)25-26-62-43(56)23-24-44(57)64-28-27-63-42(55)6-2;1-3-9(12)16-7-8-17-11(14)6-5-10(13)15-4-2;2*1-2/h6-10,19-22,29,34-37H,2,5,11-18,23-28H2,1,3H3;3H,1,4-8H2,2H3;2*1-2H3/b52-40-;;;. The number of nitriles is 1. The lowest BCUT2D eigenvalue weighted by molar-refractivity contribution is -0.152. The van der Waals surface area contributed by atoms with Crippen molar-refractivity contribution < 1.29 is 95.3 Å². The first kappa shape index (κ1) is 76.5. The van der Waals surface area contributed by atoms with E-state index in [9.17, 15) is 53.2 Å². The number of carbonyl (C=O) groups excluding carboxylic acids is 10. The first-order valence-electron chi connectivity index (χ1n) is 30.2. The van der Waals surface area contributed by atoms with E-state index in [1.54, 1.807) is 56.3 Å². The van der Waals surface area contributed by atoms with E-state index in [0.29, 0.717) is 88.9 Å². The zero-order chi connectivity index (χ0) is 67.3. The van der Waals surface area contributed by atoms with Crippen LogP contribution in [0.4, 0.5) is 0 Å². The molecular weight excluding hydrogens is 1220 g/mol. The van der Waals surface area contributed by atoms with Crippen LogP contribution in [-0.2, 0) is 89.2 Å². The molecule has 0 atom stereocenters. The second-order valence-corrected chi connectivity index (χ2v) is 21.9. The highest BCUT2D eigenvalue weighted by Gasteiger charge is 2.37. The molecule has 24 heteroatoms. The van der Waals surface area contributed by atoms with Gasteiger partial charge in [-0.2, -0.15) is 0 Å². The van der Waals surface area contributed by atoms with Crippen molar-refractivity contribution in [1.29, 1.82) is 5.26 Å². The second kappa shape index (κ2) is 42.3. The van der Waals surface area contributed by atoms with Gasteiger partial charge in [0, 0.05) is 18.6 Å². The van der Waals surface area contributed by atoms with E-state index in [1.165, 1.54) is 0 Å². The number of ether oxygens (including phenoxy) is 10. The Morgan fingerprint density at radius 1 is 0.538 bits per heavy atom. The molecule has 0 unspecified atom stereocenters. The van der Waals surface area contributed by atoms with Crippen molar-refractivity contribution in [1.82, 2.24) is 0 Å². The summed E-state index contributed by atoms with van der Waals surface area (Å²) in [6.45, 7) is 27.5. The lowest BCUT2D eigenvalue weighted by Gasteiger charge is -2.27. The minimum atomic E-state index is -0.634. The normalized spacial score (nSPS) is 16.4. The highest BCUT2D eigenvalue weighted by molar-refractivity contribution is 8.24. The lowest BCUT2D eigenvalue weighted by atomic mass is 9.82. The lowest BCUT2D eigenvalue weighted by Crippen LogP contribution is -2.31. The zero-order valence-corrected chi connectivity index (χ0v) is 54.2. The Morgan fingerprint density at radius 2 is 0.912 bits per heavy atom. The Labute approximate surface area is 539 Å². The van der Waals surface area contributed by atoms with Crippen LogP contribution < -0.4 is 18.9 Å². The van der Waals surface area contributed by atoms with E-state index in [2.05, 4.69) is 27.5 Å². The smallest absolute Gasteiger partial charge is 0.330 e. The molecule has 0 amide bonds. The summed E-state index contributed by atoms with van der Waals surface area (Å²) in [4.78, 5) is 125. The monoisotopic (exact) mass is 1300 g/mol. The number of aryl methyl sites for hydroxylation is 2. The van der Waals surface area contributed by atoms with Gasteiger partial charge in [0.15, 0.2) is 0 Å². The molecule has 3 aromatic rings. The quantitative estimate of drug-likeness (QED) is 0.0130. The third-order valence-electron chi connectivity index (χ3n) is 13.6. The predicted octanol–water partition coefficient (Wildman–Crippen LogP) is 11.8. The van der Waals surface area contributed by atoms with Crippen molar-refractivity contribution in [3.8, 4) is 29.1 Å². The van der Waals surface area contributed by atoms with Gasteiger partial charge >= 0.3 is 59.7 Å². The van der Waals surface area contributed by atoms with Crippen LogP contribution in [0, 0.1) is 48.5 Å². The highest BCUT2D eigenvalue weighted by atomic mass is 32.2. The third-order valence-corrected chi connectivity index (χ3v) is 16.2. The first-order valence-corrected chi connectivity index (χ1v) is 31.8. The maximum Gasteiger partial charge on any atom is 0.330 e. The number of thioether (sulfide) groups is 2. The van der Waals surface area contributed by atoms with Crippen LogP contribution in [0.1, 0.15) is 135 Å². The van der Waals surface area contributed by atoms with Crippen molar-refractivity contribution in [3.63, 3.8) is 0 Å². The van der Waals surface area contributed by atoms with Gasteiger partial charge in [-0.15, -0.1) is 0 Å². The van der Waals surface area contributed by atoms with Gasteiger partial charge in [0.1, 0.15) is 49.4 Å². The molecule has 2 aliphatic carbocycles.